The molecule has 4 nitrogen and oxygen atoms in total. The van der Waals surface area contributed by atoms with Gasteiger partial charge in [-0.05, 0) is 29.8 Å². The molecule has 6 heteroatoms. The Kier molecular flexibility index (Phi) is 4.76. The van der Waals surface area contributed by atoms with Crippen LogP contribution in [0, 0.1) is 13.8 Å². The molecule has 2 aromatic rings. The normalized spacial score (nSPS) is 11.5. The lowest BCUT2D eigenvalue weighted by Crippen LogP contribution is -2.21. The third-order valence-corrected chi connectivity index (χ3v) is 4.91. The van der Waals surface area contributed by atoms with Gasteiger partial charge in [0.25, 0.3) is 0 Å². The summed E-state index contributed by atoms with van der Waals surface area (Å²) in [6, 6.07) is 0.485. The lowest BCUT2D eigenvalue weighted by Gasteiger charge is -2.04. The predicted molar refractivity (Wildman–Crippen MR) is 82.6 cm³/mol. The summed E-state index contributed by atoms with van der Waals surface area (Å²) in [6.45, 7) is 9.92. The lowest BCUT2D eigenvalue weighted by molar-refractivity contribution is 0.584. The van der Waals surface area contributed by atoms with Crippen LogP contribution in [0.2, 0.25) is 0 Å². The number of aryl methyl sites for hydroxylation is 1. The zero-order valence-corrected chi connectivity index (χ0v) is 14.1. The van der Waals surface area contributed by atoms with Gasteiger partial charge >= 0.3 is 0 Å². The van der Waals surface area contributed by atoms with Crippen molar-refractivity contribution in [2.75, 3.05) is 0 Å². The molecule has 2 rings (SSSR count). The Morgan fingerprint density at radius 1 is 1.42 bits per heavy atom. The summed E-state index contributed by atoms with van der Waals surface area (Å²) in [7, 11) is 0. The molecule has 0 unspecified atom stereocenters. The van der Waals surface area contributed by atoms with Crippen LogP contribution < -0.4 is 5.32 Å². The molecule has 0 atom stereocenters. The van der Waals surface area contributed by atoms with Crippen LogP contribution in [0.5, 0.6) is 0 Å². The van der Waals surface area contributed by atoms with Gasteiger partial charge < -0.3 is 5.32 Å². The van der Waals surface area contributed by atoms with Crippen LogP contribution in [0.4, 0.5) is 0 Å². The molecular weight excluding hydrogens is 324 g/mol. The Balaban J connectivity index is 2.05. The average molecular weight is 343 g/mol. The van der Waals surface area contributed by atoms with Gasteiger partial charge in [-0.3, -0.25) is 4.68 Å². The number of halogens is 1. The van der Waals surface area contributed by atoms with Crippen molar-refractivity contribution in [1.29, 1.82) is 0 Å². The van der Waals surface area contributed by atoms with E-state index in [1.54, 1.807) is 11.3 Å². The van der Waals surface area contributed by atoms with Gasteiger partial charge in [-0.25, -0.2) is 4.98 Å². The summed E-state index contributed by atoms with van der Waals surface area (Å²) in [6.07, 6.45) is 0. The first kappa shape index (κ1) is 14.7. The highest BCUT2D eigenvalue weighted by Crippen LogP contribution is 2.21. The molecule has 0 aromatic carbocycles. The van der Waals surface area contributed by atoms with Crippen molar-refractivity contribution in [2.45, 2.75) is 46.8 Å². The van der Waals surface area contributed by atoms with E-state index in [9.17, 15) is 0 Å². The quantitative estimate of drug-likeness (QED) is 0.906. The van der Waals surface area contributed by atoms with Gasteiger partial charge in [0.15, 0.2) is 0 Å². The van der Waals surface area contributed by atoms with E-state index in [0.29, 0.717) is 6.04 Å². The molecule has 0 bridgehead atoms. The minimum atomic E-state index is 0.485. The summed E-state index contributed by atoms with van der Waals surface area (Å²) in [5.74, 6) is 0. The smallest absolute Gasteiger partial charge is 0.107 e. The second kappa shape index (κ2) is 6.15. The Morgan fingerprint density at radius 2 is 2.16 bits per heavy atom. The number of nitrogens with one attached hydrogen (secondary N) is 1. The SMILES string of the molecule is Cc1nn(Cc2csc(CNC(C)C)n2)c(C)c1Br. The van der Waals surface area contributed by atoms with E-state index in [1.807, 2.05) is 11.6 Å². The maximum Gasteiger partial charge on any atom is 0.107 e. The third kappa shape index (κ3) is 3.64. The molecule has 19 heavy (non-hydrogen) atoms. The topological polar surface area (TPSA) is 42.7 Å². The van der Waals surface area contributed by atoms with E-state index in [2.05, 4.69) is 57.5 Å². The first-order chi connectivity index (χ1) is 8.97. The van der Waals surface area contributed by atoms with E-state index < -0.39 is 0 Å². The third-order valence-electron chi connectivity index (χ3n) is 2.87. The van der Waals surface area contributed by atoms with Gasteiger partial charge in [-0.15, -0.1) is 11.3 Å². The highest BCUT2D eigenvalue weighted by molar-refractivity contribution is 9.10. The Bertz CT molecular complexity index is 559. The number of hydrogen-bond donors (Lipinski definition) is 1. The van der Waals surface area contributed by atoms with Gasteiger partial charge in [0.05, 0.1) is 28.1 Å². The predicted octanol–water partition coefficient (Wildman–Crippen LogP) is 3.27. The van der Waals surface area contributed by atoms with Crippen LogP contribution in [0.15, 0.2) is 9.85 Å². The second-order valence-corrected chi connectivity index (χ2v) is 6.65. The molecule has 0 aliphatic rings. The number of rotatable bonds is 5. The molecule has 0 radical (unpaired) electrons. The van der Waals surface area contributed by atoms with Gasteiger partial charge in [0.1, 0.15) is 5.01 Å². The van der Waals surface area contributed by atoms with Crippen LogP contribution in [-0.4, -0.2) is 20.8 Å². The van der Waals surface area contributed by atoms with Crippen LogP contribution >= 0.6 is 27.3 Å². The van der Waals surface area contributed by atoms with Crippen molar-refractivity contribution in [1.82, 2.24) is 20.1 Å². The first-order valence-corrected chi connectivity index (χ1v) is 8.00. The molecule has 2 aromatic heterocycles. The second-order valence-electron chi connectivity index (χ2n) is 4.91. The molecule has 0 saturated heterocycles. The van der Waals surface area contributed by atoms with E-state index in [4.69, 9.17) is 0 Å². The van der Waals surface area contributed by atoms with Crippen LogP contribution in [0.3, 0.4) is 0 Å². The fourth-order valence-electron chi connectivity index (χ4n) is 1.78. The van der Waals surface area contributed by atoms with E-state index in [0.717, 1.165) is 39.7 Å². The monoisotopic (exact) mass is 342 g/mol. The van der Waals surface area contributed by atoms with E-state index >= 15 is 0 Å². The summed E-state index contributed by atoms with van der Waals surface area (Å²) < 4.78 is 3.08. The standard InChI is InChI=1S/C13H19BrN4S/c1-8(2)15-5-12-16-11(7-19-12)6-18-10(4)13(14)9(3)17-18/h7-8,15H,5-6H2,1-4H3. The summed E-state index contributed by atoms with van der Waals surface area (Å²) in [4.78, 5) is 4.64. The maximum absolute atomic E-state index is 4.64. The summed E-state index contributed by atoms with van der Waals surface area (Å²) in [5.41, 5.74) is 3.24. The highest BCUT2D eigenvalue weighted by atomic mass is 79.9. The number of nitrogens with zero attached hydrogens (tertiary/aromatic N) is 3. The molecule has 0 fully saturated rings. The van der Waals surface area contributed by atoms with Crippen molar-refractivity contribution in [3.05, 3.63) is 31.9 Å². The first-order valence-electron chi connectivity index (χ1n) is 6.33. The van der Waals surface area contributed by atoms with Crippen LogP contribution in [0.1, 0.15) is 35.9 Å². The van der Waals surface area contributed by atoms with Gasteiger partial charge in [-0.2, -0.15) is 5.10 Å². The van der Waals surface area contributed by atoms with Gasteiger partial charge in [0, 0.05) is 18.0 Å². The highest BCUT2D eigenvalue weighted by Gasteiger charge is 2.10. The molecule has 0 saturated carbocycles. The summed E-state index contributed by atoms with van der Waals surface area (Å²) >= 11 is 5.25. The maximum atomic E-state index is 4.64. The molecule has 0 aliphatic heterocycles. The number of aromatic nitrogens is 3. The minimum Gasteiger partial charge on any atom is -0.308 e. The van der Waals surface area contributed by atoms with Crippen molar-refractivity contribution < 1.29 is 0 Å². The Hall–Kier alpha value is -0.720. The molecule has 1 N–H and O–H groups in total. The molecule has 2 heterocycles. The fourth-order valence-corrected chi connectivity index (χ4v) is 2.80. The van der Waals surface area contributed by atoms with Crippen molar-refractivity contribution in [2.24, 2.45) is 0 Å². The zero-order valence-electron chi connectivity index (χ0n) is 11.7. The average Bonchev–Trinajstić information content (AvgIpc) is 2.89. The molecule has 0 amide bonds. The molecule has 0 spiro atoms. The van der Waals surface area contributed by atoms with E-state index in [-0.39, 0.29) is 0 Å². The fraction of sp³-hybridized carbons (Fsp3) is 0.538. The molecule has 0 aliphatic carbocycles. The minimum absolute atomic E-state index is 0.485. The Labute approximate surface area is 126 Å². The molecule has 104 valence electrons. The Morgan fingerprint density at radius 3 is 2.74 bits per heavy atom. The van der Waals surface area contributed by atoms with Crippen molar-refractivity contribution in [3.63, 3.8) is 0 Å². The van der Waals surface area contributed by atoms with Crippen molar-refractivity contribution >= 4 is 27.3 Å². The van der Waals surface area contributed by atoms with Gasteiger partial charge in [-0.1, -0.05) is 13.8 Å². The lowest BCUT2D eigenvalue weighted by atomic mass is 10.4. The van der Waals surface area contributed by atoms with Gasteiger partial charge in [0.2, 0.25) is 0 Å². The van der Waals surface area contributed by atoms with Crippen molar-refractivity contribution in [3.8, 4) is 0 Å². The summed E-state index contributed by atoms with van der Waals surface area (Å²) in [5, 5.41) is 11.1. The van der Waals surface area contributed by atoms with Crippen LogP contribution in [-0.2, 0) is 13.1 Å². The number of thiazole rings is 1. The van der Waals surface area contributed by atoms with Crippen LogP contribution in [0.25, 0.3) is 0 Å². The zero-order chi connectivity index (χ0) is 14.0. The van der Waals surface area contributed by atoms with E-state index in [1.165, 1.54) is 0 Å². The molecular formula is C13H19BrN4S. The number of hydrogen-bond acceptors (Lipinski definition) is 4. The largest absolute Gasteiger partial charge is 0.308 e.